The Hall–Kier alpha value is -1.88. The highest BCUT2D eigenvalue weighted by molar-refractivity contribution is 5.89. The van der Waals surface area contributed by atoms with Crippen molar-refractivity contribution >= 4 is 11.9 Å². The lowest BCUT2D eigenvalue weighted by molar-refractivity contribution is -0.129. The number of methoxy groups -OCH3 is 1. The van der Waals surface area contributed by atoms with Gasteiger partial charge in [-0.25, -0.2) is 4.79 Å². The highest BCUT2D eigenvalue weighted by atomic mass is 16.5. The minimum atomic E-state index is -0.365. The predicted octanol–water partition coefficient (Wildman–Crippen LogP) is 1.90. The monoisotopic (exact) mass is 305 g/mol. The number of carbonyl (C=O) groups is 2. The highest BCUT2D eigenvalue weighted by Crippen LogP contribution is 2.18. The van der Waals surface area contributed by atoms with Gasteiger partial charge in [-0.3, -0.25) is 4.79 Å². The average molecular weight is 305 g/mol. The van der Waals surface area contributed by atoms with E-state index >= 15 is 0 Å². The Morgan fingerprint density at radius 3 is 2.64 bits per heavy atom. The molecule has 1 aliphatic heterocycles. The zero-order chi connectivity index (χ0) is 15.9. The number of benzene rings is 1. The molecule has 0 radical (unpaired) electrons. The predicted molar refractivity (Wildman–Crippen MR) is 82.7 cm³/mol. The molecule has 1 saturated heterocycles. The fraction of sp³-hybridized carbons (Fsp3) is 0.529. The maximum Gasteiger partial charge on any atom is 0.337 e. The largest absolute Gasteiger partial charge is 0.465 e. The molecule has 0 spiro atoms. The van der Waals surface area contributed by atoms with Crippen LogP contribution in [0.4, 0.5) is 0 Å². The number of amides is 1. The van der Waals surface area contributed by atoms with E-state index in [4.69, 9.17) is 4.74 Å². The number of likely N-dealkylation sites (tertiary alicyclic amines) is 1. The molecular weight excluding hydrogens is 282 g/mol. The Balaban J connectivity index is 1.86. The minimum Gasteiger partial charge on any atom is -0.465 e. The molecule has 1 unspecified atom stereocenters. The van der Waals surface area contributed by atoms with Gasteiger partial charge in [0.25, 0.3) is 0 Å². The van der Waals surface area contributed by atoms with Crippen molar-refractivity contribution in [1.29, 1.82) is 0 Å². The van der Waals surface area contributed by atoms with Gasteiger partial charge in [0.05, 0.1) is 25.7 Å². The molecule has 1 aromatic rings. The lowest BCUT2D eigenvalue weighted by Crippen LogP contribution is -2.30. The third kappa shape index (κ3) is 4.31. The summed E-state index contributed by atoms with van der Waals surface area (Å²) in [6, 6.07) is 6.99. The molecular formula is C17H23NO4. The second-order valence-corrected chi connectivity index (χ2v) is 5.52. The molecule has 1 aromatic carbocycles. The van der Waals surface area contributed by atoms with Gasteiger partial charge in [0.15, 0.2) is 0 Å². The molecule has 0 aliphatic carbocycles. The third-order valence-electron chi connectivity index (χ3n) is 3.93. The molecule has 1 amide bonds. The number of carbonyl (C=O) groups excluding carboxylic acids is 2. The first-order chi connectivity index (χ1) is 10.6. The van der Waals surface area contributed by atoms with Gasteiger partial charge in [0.1, 0.15) is 0 Å². The molecule has 0 aromatic heterocycles. The van der Waals surface area contributed by atoms with E-state index in [1.807, 2.05) is 11.8 Å². The van der Waals surface area contributed by atoms with Crippen molar-refractivity contribution < 1.29 is 19.1 Å². The van der Waals surface area contributed by atoms with Crippen LogP contribution in [-0.4, -0.2) is 50.2 Å². The molecule has 1 aliphatic rings. The van der Waals surface area contributed by atoms with Gasteiger partial charge >= 0.3 is 5.97 Å². The van der Waals surface area contributed by atoms with Gasteiger partial charge < -0.3 is 14.4 Å². The average Bonchev–Trinajstić information content (AvgIpc) is 3.02. The van der Waals surface area contributed by atoms with E-state index in [-0.39, 0.29) is 11.9 Å². The second-order valence-electron chi connectivity index (χ2n) is 5.52. The fourth-order valence-electron chi connectivity index (χ4n) is 2.64. The first-order valence-corrected chi connectivity index (χ1v) is 7.66. The van der Waals surface area contributed by atoms with Crippen molar-refractivity contribution in [3.8, 4) is 0 Å². The maximum absolute atomic E-state index is 12.3. The van der Waals surface area contributed by atoms with E-state index in [0.29, 0.717) is 17.9 Å². The number of ether oxygens (including phenoxy) is 2. The summed E-state index contributed by atoms with van der Waals surface area (Å²) in [4.78, 5) is 25.6. The smallest absolute Gasteiger partial charge is 0.337 e. The van der Waals surface area contributed by atoms with Crippen LogP contribution in [-0.2, 0) is 20.7 Å². The summed E-state index contributed by atoms with van der Waals surface area (Å²) in [5, 5.41) is 0. The van der Waals surface area contributed by atoms with E-state index < -0.39 is 0 Å². The molecule has 5 nitrogen and oxygen atoms in total. The standard InChI is InChI=1S/C17H23NO4/c1-3-22-12-14-8-9-18(11-14)16(19)10-13-4-6-15(7-5-13)17(20)21-2/h4-7,14H,3,8-12H2,1-2H3. The van der Waals surface area contributed by atoms with Crippen molar-refractivity contribution in [1.82, 2.24) is 4.90 Å². The number of nitrogens with zero attached hydrogens (tertiary/aromatic N) is 1. The van der Waals surface area contributed by atoms with E-state index in [1.165, 1.54) is 7.11 Å². The van der Waals surface area contributed by atoms with Crippen molar-refractivity contribution in [3.05, 3.63) is 35.4 Å². The van der Waals surface area contributed by atoms with Gasteiger partial charge in [-0.15, -0.1) is 0 Å². The third-order valence-corrected chi connectivity index (χ3v) is 3.93. The van der Waals surface area contributed by atoms with Gasteiger partial charge in [0, 0.05) is 25.6 Å². The topological polar surface area (TPSA) is 55.8 Å². The van der Waals surface area contributed by atoms with E-state index in [0.717, 1.165) is 38.3 Å². The lowest BCUT2D eigenvalue weighted by atomic mass is 10.1. The van der Waals surface area contributed by atoms with Crippen LogP contribution in [0, 0.1) is 5.92 Å². The zero-order valence-corrected chi connectivity index (χ0v) is 13.2. The summed E-state index contributed by atoms with van der Waals surface area (Å²) in [6.45, 7) is 5.01. The molecule has 0 bridgehead atoms. The molecule has 0 N–H and O–H groups in total. The maximum atomic E-state index is 12.3. The Labute approximate surface area is 131 Å². The normalized spacial score (nSPS) is 17.5. The van der Waals surface area contributed by atoms with Crippen LogP contribution in [0.2, 0.25) is 0 Å². The van der Waals surface area contributed by atoms with Crippen molar-refractivity contribution in [2.24, 2.45) is 5.92 Å². The van der Waals surface area contributed by atoms with Crippen LogP contribution in [0.25, 0.3) is 0 Å². The molecule has 1 heterocycles. The van der Waals surface area contributed by atoms with Crippen LogP contribution in [0.15, 0.2) is 24.3 Å². The molecule has 1 atom stereocenters. The number of hydrogen-bond acceptors (Lipinski definition) is 4. The first kappa shape index (κ1) is 16.5. The SMILES string of the molecule is CCOCC1CCN(C(=O)Cc2ccc(C(=O)OC)cc2)C1. The number of hydrogen-bond donors (Lipinski definition) is 0. The van der Waals surface area contributed by atoms with Gasteiger partial charge in [-0.2, -0.15) is 0 Å². The van der Waals surface area contributed by atoms with Crippen molar-refractivity contribution in [2.75, 3.05) is 33.4 Å². The zero-order valence-electron chi connectivity index (χ0n) is 13.2. The van der Waals surface area contributed by atoms with E-state index in [9.17, 15) is 9.59 Å². The summed E-state index contributed by atoms with van der Waals surface area (Å²) >= 11 is 0. The molecule has 120 valence electrons. The van der Waals surface area contributed by atoms with Crippen molar-refractivity contribution in [3.63, 3.8) is 0 Å². The Morgan fingerprint density at radius 1 is 1.27 bits per heavy atom. The lowest BCUT2D eigenvalue weighted by Gasteiger charge is -2.16. The molecule has 22 heavy (non-hydrogen) atoms. The van der Waals surface area contributed by atoms with Gasteiger partial charge in [-0.1, -0.05) is 12.1 Å². The van der Waals surface area contributed by atoms with Crippen LogP contribution < -0.4 is 0 Å². The van der Waals surface area contributed by atoms with Crippen LogP contribution in [0.5, 0.6) is 0 Å². The summed E-state index contributed by atoms with van der Waals surface area (Å²) in [5.41, 5.74) is 1.41. The summed E-state index contributed by atoms with van der Waals surface area (Å²) in [5.74, 6) is 0.214. The molecule has 5 heteroatoms. The molecule has 0 saturated carbocycles. The van der Waals surface area contributed by atoms with Crippen LogP contribution >= 0.6 is 0 Å². The van der Waals surface area contributed by atoms with Gasteiger partial charge in [-0.05, 0) is 31.0 Å². The van der Waals surface area contributed by atoms with Crippen LogP contribution in [0.1, 0.15) is 29.3 Å². The summed E-state index contributed by atoms with van der Waals surface area (Å²) in [6.07, 6.45) is 1.37. The number of esters is 1. The van der Waals surface area contributed by atoms with E-state index in [1.54, 1.807) is 24.3 Å². The minimum absolute atomic E-state index is 0.129. The Kier molecular flexibility index (Phi) is 5.95. The second kappa shape index (κ2) is 7.94. The molecule has 1 fully saturated rings. The summed E-state index contributed by atoms with van der Waals surface area (Å²) in [7, 11) is 1.35. The van der Waals surface area contributed by atoms with E-state index in [2.05, 4.69) is 4.74 Å². The molecule has 2 rings (SSSR count). The first-order valence-electron chi connectivity index (χ1n) is 7.66. The quantitative estimate of drug-likeness (QED) is 0.753. The van der Waals surface area contributed by atoms with Crippen LogP contribution in [0.3, 0.4) is 0 Å². The fourth-order valence-corrected chi connectivity index (χ4v) is 2.64. The van der Waals surface area contributed by atoms with Gasteiger partial charge in [0.2, 0.25) is 5.91 Å². The van der Waals surface area contributed by atoms with Crippen molar-refractivity contribution in [2.45, 2.75) is 19.8 Å². The Morgan fingerprint density at radius 2 is 2.00 bits per heavy atom. The number of rotatable bonds is 6. The highest BCUT2D eigenvalue weighted by Gasteiger charge is 2.26. The summed E-state index contributed by atoms with van der Waals surface area (Å²) < 4.78 is 10.1. The Bertz CT molecular complexity index is 512.